The number of ether oxygens (including phenoxy) is 3. The van der Waals surface area contributed by atoms with Crippen LogP contribution in [0.2, 0.25) is 0 Å². The molecule has 0 aliphatic rings. The van der Waals surface area contributed by atoms with Crippen LogP contribution in [-0.4, -0.2) is 325 Å². The third kappa shape index (κ3) is 80.4. The standard InChI is InChI=1S/C15H30N2O2.C14H30N2O3S.C13H26N2O2.C13H27NO4S.C12H26NO6P.C12H24NO3/c1-13(18)9-7-11-17(5,6)12-8-10-16-14(19)15(2,3)4;1-14(2,3)13(17)15-9-7-10-16(4,5)11-8-12-20(6,18)19;1-11(16)10-15(5,6)9-7-8-14-12(17)13(2,3)4;1-13(2,3)12(15)18-10-9-14(4,5)8-7-11-19(6,16)17;1-12(2,3)11(14)17-9-10-19-20(15,16)18-8-7-13(4,5)6;1-10(14)9-13(5,6)7-8-16-11(15)12(2,3)4/h1,7-12H2,2-6H3,(H-,16,18,19);7-12H2,1-6H3;1,7-10H2,2-6H3,(H-,14,16,17);6-11H2,1-5H3;7-10H2,1-6H3;7-9H2,1-6H3/q;;;;;+1/p+1. The third-order valence-corrected chi connectivity index (χ3v) is 18.9. The number of amides is 3. The molecule has 660 valence electrons. The van der Waals surface area contributed by atoms with Gasteiger partial charge in [0.2, 0.25) is 17.7 Å². The summed E-state index contributed by atoms with van der Waals surface area (Å²) in [6.45, 7) is 52.0. The molecule has 0 aromatic carbocycles. The number of rotatable bonds is 42. The number of phosphoric acid groups is 1. The Hall–Kier alpha value is -4.63. The second kappa shape index (κ2) is 52.1. The highest BCUT2D eigenvalue weighted by Crippen LogP contribution is 2.38. The maximum atomic E-state index is 11.7. The minimum Gasteiger partial charge on any atom is -0.876 e. The Bertz CT molecular complexity index is 3050. The molecule has 0 aliphatic heterocycles. The predicted octanol–water partition coefficient (Wildman–Crippen LogP) is 5.72. The highest BCUT2D eigenvalue weighted by Gasteiger charge is 2.29. The van der Waals surface area contributed by atoms with Crippen LogP contribution in [0, 0.1) is 32.5 Å². The molecule has 0 rings (SSSR count). The molecule has 0 aliphatic carbocycles. The number of likely N-dealkylation sites (N-methyl/N-ethyl adjacent to an activating group) is 4. The summed E-state index contributed by atoms with van der Waals surface area (Å²) < 4.78 is 84.0. The van der Waals surface area contributed by atoms with E-state index in [4.69, 9.17) is 18.7 Å². The molecule has 2 unspecified atom stereocenters. The number of esters is 3. The summed E-state index contributed by atoms with van der Waals surface area (Å²) in [6, 6.07) is 0. The number of hydrogen-bond donors (Lipinski definition) is 3. The zero-order valence-electron chi connectivity index (χ0n) is 76.0. The van der Waals surface area contributed by atoms with E-state index in [9.17, 15) is 70.4 Å². The quantitative estimate of drug-likeness (QED) is 0.0125. The highest BCUT2D eigenvalue weighted by molar-refractivity contribution is 7.95. The summed E-state index contributed by atoms with van der Waals surface area (Å²) in [5, 5.41) is 30.5. The summed E-state index contributed by atoms with van der Waals surface area (Å²) in [5.74, 6) is 2.96. The summed E-state index contributed by atoms with van der Waals surface area (Å²) >= 11 is 0. The zero-order chi connectivity index (χ0) is 89.2. The Morgan fingerprint density at radius 1 is 0.396 bits per heavy atom. The monoisotopic (exact) mass is 1650 g/mol. The van der Waals surface area contributed by atoms with Crippen molar-refractivity contribution in [2.75, 3.05) is 234 Å². The van der Waals surface area contributed by atoms with Gasteiger partial charge >= 0.3 is 17.9 Å². The highest BCUT2D eigenvalue weighted by atomic mass is 32.2. The lowest BCUT2D eigenvalue weighted by atomic mass is 9.96. The normalized spacial score (nSPS) is 13.7. The first-order valence-corrected chi connectivity index (χ1v) is 43.8. The zero-order valence-corrected chi connectivity index (χ0v) is 78.6. The van der Waals surface area contributed by atoms with Gasteiger partial charge in [-0.15, -0.1) is 18.9 Å². The lowest BCUT2D eigenvalue weighted by Gasteiger charge is -2.32. The van der Waals surface area contributed by atoms with Gasteiger partial charge in [-0.2, -0.15) is 0 Å². The predicted molar refractivity (Wildman–Crippen MR) is 442 cm³/mol. The van der Waals surface area contributed by atoms with E-state index in [2.05, 4.69) is 67.7 Å². The van der Waals surface area contributed by atoms with Crippen molar-refractivity contribution in [1.82, 2.24) is 16.0 Å². The smallest absolute Gasteiger partial charge is 0.311 e. The Labute approximate surface area is 675 Å². The van der Waals surface area contributed by atoms with E-state index in [-0.39, 0.29) is 94.5 Å². The van der Waals surface area contributed by atoms with Crippen LogP contribution in [-0.2, 0) is 81.0 Å². The molecule has 0 radical (unpaired) electrons. The van der Waals surface area contributed by atoms with Crippen LogP contribution in [0.25, 0.3) is 0 Å². The van der Waals surface area contributed by atoms with Gasteiger partial charge in [-0.1, -0.05) is 83.7 Å². The molecule has 0 saturated carbocycles. The summed E-state index contributed by atoms with van der Waals surface area (Å²) in [4.78, 5) is 91.8. The van der Waals surface area contributed by atoms with Crippen LogP contribution >= 0.6 is 7.82 Å². The van der Waals surface area contributed by atoms with Crippen molar-refractivity contribution in [3.8, 4) is 0 Å². The first kappa shape index (κ1) is 117. The molecule has 0 fully saturated rings. The first-order valence-electron chi connectivity index (χ1n) is 38.4. The lowest BCUT2D eigenvalue weighted by Crippen LogP contribution is -2.46. The Kier molecular flexibility index (Phi) is 55.1. The van der Waals surface area contributed by atoms with Gasteiger partial charge in [-0.25, -0.2) is 8.42 Å². The molecule has 0 aromatic heterocycles. The number of sulfone groups is 1. The van der Waals surface area contributed by atoms with Crippen LogP contribution in [0.5, 0.6) is 0 Å². The van der Waals surface area contributed by atoms with Crippen molar-refractivity contribution < 1.29 is 121 Å². The van der Waals surface area contributed by atoms with Crippen molar-refractivity contribution in [3.63, 3.8) is 0 Å². The number of allylic oxidation sites excluding steroid dienone is 1. The third-order valence-electron chi connectivity index (χ3n) is 16.0. The number of quaternary nitrogens is 6. The number of nitrogens with zero attached hydrogens (tertiary/aromatic N) is 6. The molecule has 0 bridgehead atoms. The molecule has 0 saturated heterocycles. The molecule has 0 heterocycles. The van der Waals surface area contributed by atoms with Crippen molar-refractivity contribution >= 4 is 74.7 Å². The first-order chi connectivity index (χ1) is 49.1. The number of carbonyl (C=O) groups excluding carboxylic acids is 7. The van der Waals surface area contributed by atoms with Crippen molar-refractivity contribution in [2.24, 2.45) is 32.5 Å². The van der Waals surface area contributed by atoms with Gasteiger partial charge in [0, 0.05) is 86.9 Å². The molecular weight excluding hydrogens is 1490 g/mol. The van der Waals surface area contributed by atoms with Gasteiger partial charge in [0.15, 0.2) is 5.78 Å². The van der Waals surface area contributed by atoms with Gasteiger partial charge in [0.25, 0.3) is 7.82 Å². The summed E-state index contributed by atoms with van der Waals surface area (Å²) in [6.07, 6.45) is 6.66. The van der Waals surface area contributed by atoms with E-state index in [1.54, 1.807) is 27.7 Å². The molecule has 3 amide bonds. The lowest BCUT2D eigenvalue weighted by molar-refractivity contribution is -0.890. The van der Waals surface area contributed by atoms with Crippen molar-refractivity contribution in [1.29, 1.82) is 0 Å². The molecule has 3 N–H and O–H groups in total. The number of hydrogen-bond acceptors (Lipinski definition) is 20. The topological polar surface area (TPSA) is 362 Å². The van der Waals surface area contributed by atoms with E-state index in [0.717, 1.165) is 67.4 Å². The molecule has 29 nitrogen and oxygen atoms in total. The van der Waals surface area contributed by atoms with Crippen LogP contribution in [0.4, 0.5) is 0 Å². The van der Waals surface area contributed by atoms with Gasteiger partial charge < -0.3 is 85.8 Å². The second-order valence-electron chi connectivity index (χ2n) is 39.3. The maximum Gasteiger partial charge on any atom is 0.311 e. The van der Waals surface area contributed by atoms with Gasteiger partial charge in [0.05, 0.1) is 166 Å². The van der Waals surface area contributed by atoms with Gasteiger partial charge in [-0.3, -0.25) is 42.3 Å². The number of phosphoric ester groups is 1. The fraction of sp³-hybridized carbons (Fsp3) is 0.848. The molecule has 0 aromatic rings. The van der Waals surface area contributed by atoms with E-state index >= 15 is 0 Å². The van der Waals surface area contributed by atoms with Crippen LogP contribution in [0.3, 0.4) is 0 Å². The van der Waals surface area contributed by atoms with Crippen LogP contribution in [0.15, 0.2) is 24.7 Å². The van der Waals surface area contributed by atoms with Crippen molar-refractivity contribution in [2.45, 2.75) is 176 Å². The van der Waals surface area contributed by atoms with Crippen LogP contribution < -0.4 is 31.1 Å². The molecule has 2 atom stereocenters. The fourth-order valence-corrected chi connectivity index (χ4v) is 10.7. The number of Topliss-reactive ketones (excluding diaryl/α,β-unsaturated/α-hetero) is 1. The molecule has 0 spiro atoms. The van der Waals surface area contributed by atoms with E-state index in [0.29, 0.717) is 109 Å². The van der Waals surface area contributed by atoms with Gasteiger partial charge in [-0.05, 0) is 75.2 Å². The molecular formula is C79H164N9O20PS2+2. The number of nitrogens with one attached hydrogen (secondary N) is 3. The molecule has 111 heavy (non-hydrogen) atoms. The Balaban J connectivity index is -0.000000298. The minimum absolute atomic E-state index is 0.0115. The minimum atomic E-state index is -4.33. The fourth-order valence-electron chi connectivity index (χ4n) is 8.84. The number of ketones is 1. The molecule has 32 heteroatoms. The Morgan fingerprint density at radius 3 is 0.982 bits per heavy atom. The number of carbonyl (C=O) groups is 7. The summed E-state index contributed by atoms with van der Waals surface area (Å²) in [5.41, 5.74) is -2.58. The average Bonchev–Trinajstić information content (AvgIpc) is 0.914. The average molecular weight is 1660 g/mol. The second-order valence-corrected chi connectivity index (χ2v) is 44.9. The van der Waals surface area contributed by atoms with Crippen LogP contribution in [0.1, 0.15) is 176 Å². The van der Waals surface area contributed by atoms with E-state index in [1.165, 1.54) is 6.26 Å². The Morgan fingerprint density at radius 2 is 0.685 bits per heavy atom. The maximum absolute atomic E-state index is 11.7. The van der Waals surface area contributed by atoms with E-state index in [1.807, 2.05) is 167 Å². The van der Waals surface area contributed by atoms with Crippen molar-refractivity contribution in [3.05, 3.63) is 24.7 Å². The summed E-state index contributed by atoms with van der Waals surface area (Å²) in [7, 11) is 15.8. The largest absolute Gasteiger partial charge is 0.876 e. The van der Waals surface area contributed by atoms with E-state index < -0.39 is 49.7 Å². The SMILES string of the molecule is C=C([O-])CCC[N+](C)(C)CCCNC(=O)C(C)(C)C.C=C([O-])C[N+](C)(C)CCCNC(=O)C(C)(C)C.C=S(=O)([O-])CCC[N+](C)(C)CCOC(=O)C(C)(C)C.CC(=O)C[N+](C)(C)CCOC(=O)C(C)(C)C.CC(C)(C)C(=O)NCCC[N+](C)(C)CCCS(C)(=O)=O.CC(C)(C)C(=O)OCCOP(=O)([O-])OCC[N+](C)(C)C. The van der Waals surface area contributed by atoms with Gasteiger partial charge in [0.1, 0.15) is 62.4 Å².